The molecule has 0 saturated carbocycles. The molecule has 0 saturated heterocycles. The summed E-state index contributed by atoms with van der Waals surface area (Å²) in [6.45, 7) is 0. The number of aromatic nitrogens is 4. The van der Waals surface area contributed by atoms with Gasteiger partial charge in [0, 0.05) is 53.7 Å². The van der Waals surface area contributed by atoms with E-state index >= 15 is 0 Å². The summed E-state index contributed by atoms with van der Waals surface area (Å²) in [6, 6.07) is 65.3. The molecule has 0 N–H and O–H groups in total. The Morgan fingerprint density at radius 3 is 1.84 bits per heavy atom. The zero-order valence-electron chi connectivity index (χ0n) is 29.5. The standard InChI is InChI=1S/C50H30N4S/c1-3-15-31(16-4-1)49-51-41-23-11-7-21-36(41)50(52-49)54-43-25-13-9-20-35(43)40-30-38(46-37-22-10-14-26-45(37)55-48(46)47(40)54)32-27-28-44-39(29-32)34-19-8-12-24-42(34)53(44)33-17-5-2-6-18-33/h1-30H. The van der Waals surface area contributed by atoms with Crippen LogP contribution in [0.1, 0.15) is 0 Å². The van der Waals surface area contributed by atoms with E-state index in [1.165, 1.54) is 69.4 Å². The molecule has 0 fully saturated rings. The molecule has 4 heterocycles. The highest BCUT2D eigenvalue weighted by Crippen LogP contribution is 2.48. The lowest BCUT2D eigenvalue weighted by Gasteiger charge is -2.14. The fraction of sp³-hybridized carbons (Fsp3) is 0. The van der Waals surface area contributed by atoms with Gasteiger partial charge in [0.25, 0.3) is 0 Å². The minimum atomic E-state index is 0.715. The lowest BCUT2D eigenvalue weighted by molar-refractivity contribution is 1.08. The highest BCUT2D eigenvalue weighted by molar-refractivity contribution is 7.26. The van der Waals surface area contributed by atoms with Gasteiger partial charge in [0.2, 0.25) is 0 Å². The highest BCUT2D eigenvalue weighted by atomic mass is 32.1. The Kier molecular flexibility index (Phi) is 6.47. The number of fused-ring (bicyclic) bond motifs is 11. The summed E-state index contributed by atoms with van der Waals surface area (Å²) in [5.74, 6) is 1.60. The number of hydrogen-bond donors (Lipinski definition) is 0. The fourth-order valence-electron chi connectivity index (χ4n) is 8.72. The smallest absolute Gasteiger partial charge is 0.162 e. The van der Waals surface area contributed by atoms with E-state index in [9.17, 15) is 0 Å². The first kappa shape index (κ1) is 30.4. The van der Waals surface area contributed by atoms with Crippen LogP contribution in [0.4, 0.5) is 0 Å². The molecule has 0 aliphatic carbocycles. The SMILES string of the molecule is c1ccc(-c2nc(-n3c4ccccc4c4cc(-c5ccc6c(c5)c5ccccc5n6-c5ccccc5)c5c6ccccc6sc5c43)c3ccccc3n2)cc1. The highest BCUT2D eigenvalue weighted by Gasteiger charge is 2.24. The van der Waals surface area contributed by atoms with Crippen LogP contribution >= 0.6 is 11.3 Å². The summed E-state index contributed by atoms with van der Waals surface area (Å²) in [5, 5.41) is 8.45. The van der Waals surface area contributed by atoms with Crippen LogP contribution in [0, 0.1) is 0 Å². The summed E-state index contributed by atoms with van der Waals surface area (Å²) in [5.41, 5.74) is 10.2. The number of nitrogens with zero attached hydrogens (tertiary/aromatic N) is 4. The minimum absolute atomic E-state index is 0.715. The van der Waals surface area contributed by atoms with Crippen molar-refractivity contribution in [2.24, 2.45) is 0 Å². The maximum atomic E-state index is 5.40. The zero-order chi connectivity index (χ0) is 36.0. The van der Waals surface area contributed by atoms with Crippen molar-refractivity contribution in [1.29, 1.82) is 0 Å². The lowest BCUT2D eigenvalue weighted by Crippen LogP contribution is -2.02. The van der Waals surface area contributed by atoms with Crippen molar-refractivity contribution in [1.82, 2.24) is 19.1 Å². The third-order valence-electron chi connectivity index (χ3n) is 11.1. The molecule has 5 heteroatoms. The second-order valence-corrected chi connectivity index (χ2v) is 15.2. The average molecular weight is 719 g/mol. The van der Waals surface area contributed by atoms with Gasteiger partial charge in [-0.3, -0.25) is 4.57 Å². The van der Waals surface area contributed by atoms with Gasteiger partial charge < -0.3 is 4.57 Å². The van der Waals surface area contributed by atoms with Crippen molar-refractivity contribution in [2.45, 2.75) is 0 Å². The average Bonchev–Trinajstić information content (AvgIpc) is 3.91. The first-order valence-electron chi connectivity index (χ1n) is 18.6. The third-order valence-corrected chi connectivity index (χ3v) is 12.3. The molecule has 8 aromatic carbocycles. The molecular weight excluding hydrogens is 689 g/mol. The summed E-state index contributed by atoms with van der Waals surface area (Å²) in [4.78, 5) is 10.5. The van der Waals surface area contributed by atoms with Gasteiger partial charge in [0.05, 0.1) is 32.3 Å². The summed E-state index contributed by atoms with van der Waals surface area (Å²) < 4.78 is 7.30. The van der Waals surface area contributed by atoms with Crippen LogP contribution in [0.2, 0.25) is 0 Å². The number of thiophene rings is 1. The van der Waals surface area contributed by atoms with Gasteiger partial charge in [-0.25, -0.2) is 9.97 Å². The normalized spacial score (nSPS) is 12.0. The molecule has 0 amide bonds. The topological polar surface area (TPSA) is 35.6 Å². The largest absolute Gasteiger partial charge is 0.309 e. The predicted octanol–water partition coefficient (Wildman–Crippen LogP) is 13.5. The lowest BCUT2D eigenvalue weighted by atomic mass is 9.95. The quantitative estimate of drug-likeness (QED) is 0.182. The van der Waals surface area contributed by atoms with E-state index in [0.29, 0.717) is 5.82 Å². The van der Waals surface area contributed by atoms with Crippen molar-refractivity contribution in [2.75, 3.05) is 0 Å². The van der Waals surface area contributed by atoms with E-state index in [-0.39, 0.29) is 0 Å². The maximum absolute atomic E-state index is 5.40. The molecule has 0 unspecified atom stereocenters. The molecule has 0 radical (unpaired) electrons. The van der Waals surface area contributed by atoms with Crippen molar-refractivity contribution in [3.8, 4) is 34.0 Å². The van der Waals surface area contributed by atoms with Gasteiger partial charge in [-0.05, 0) is 71.8 Å². The van der Waals surface area contributed by atoms with Crippen molar-refractivity contribution in [3.05, 3.63) is 182 Å². The Balaban J connectivity index is 1.21. The molecule has 4 nitrogen and oxygen atoms in total. The fourth-order valence-corrected chi connectivity index (χ4v) is 9.99. The van der Waals surface area contributed by atoms with Crippen molar-refractivity contribution < 1.29 is 0 Å². The molecule has 0 bridgehead atoms. The summed E-state index contributed by atoms with van der Waals surface area (Å²) in [7, 11) is 0. The van der Waals surface area contributed by atoms with E-state index in [1.807, 2.05) is 29.5 Å². The van der Waals surface area contributed by atoms with Crippen LogP contribution in [0.3, 0.4) is 0 Å². The van der Waals surface area contributed by atoms with Crippen LogP contribution in [-0.4, -0.2) is 19.1 Å². The number of benzene rings is 8. The second-order valence-electron chi connectivity index (χ2n) is 14.1. The Labute approximate surface area is 319 Å². The number of para-hydroxylation sites is 4. The van der Waals surface area contributed by atoms with Crippen molar-refractivity contribution in [3.63, 3.8) is 0 Å². The monoisotopic (exact) mass is 718 g/mol. The maximum Gasteiger partial charge on any atom is 0.162 e. The van der Waals surface area contributed by atoms with E-state index in [0.717, 1.165) is 33.5 Å². The predicted molar refractivity (Wildman–Crippen MR) is 232 cm³/mol. The molecule has 256 valence electrons. The van der Waals surface area contributed by atoms with Gasteiger partial charge in [0.15, 0.2) is 5.82 Å². The molecule has 0 aliphatic heterocycles. The van der Waals surface area contributed by atoms with E-state index in [4.69, 9.17) is 9.97 Å². The summed E-state index contributed by atoms with van der Waals surface area (Å²) in [6.07, 6.45) is 0. The third kappa shape index (κ3) is 4.45. The molecule has 0 atom stereocenters. The molecular formula is C50H30N4S. The van der Waals surface area contributed by atoms with Gasteiger partial charge >= 0.3 is 0 Å². The molecule has 12 rings (SSSR count). The Morgan fingerprint density at radius 1 is 0.418 bits per heavy atom. The Morgan fingerprint density at radius 2 is 1.04 bits per heavy atom. The van der Waals surface area contributed by atoms with Crippen LogP contribution < -0.4 is 0 Å². The van der Waals surface area contributed by atoms with Gasteiger partial charge in [0.1, 0.15) is 5.82 Å². The molecule has 0 spiro atoms. The Bertz CT molecular complexity index is 3480. The van der Waals surface area contributed by atoms with Crippen LogP contribution in [0.15, 0.2) is 182 Å². The minimum Gasteiger partial charge on any atom is -0.309 e. The van der Waals surface area contributed by atoms with Gasteiger partial charge in [-0.2, -0.15) is 0 Å². The first-order valence-corrected chi connectivity index (χ1v) is 19.4. The van der Waals surface area contributed by atoms with E-state index < -0.39 is 0 Å². The molecule has 0 aliphatic rings. The molecule has 12 aromatic rings. The Hall–Kier alpha value is -7.08. The van der Waals surface area contributed by atoms with E-state index in [2.05, 4.69) is 173 Å². The second kappa shape index (κ2) is 11.7. The number of rotatable bonds is 4. The van der Waals surface area contributed by atoms with Crippen LogP contribution in [0.25, 0.3) is 109 Å². The zero-order valence-corrected chi connectivity index (χ0v) is 30.3. The van der Waals surface area contributed by atoms with Gasteiger partial charge in [-0.1, -0.05) is 121 Å². The summed E-state index contributed by atoms with van der Waals surface area (Å²) >= 11 is 1.87. The van der Waals surface area contributed by atoms with Gasteiger partial charge in [-0.15, -0.1) is 11.3 Å². The first-order chi connectivity index (χ1) is 27.3. The molecule has 55 heavy (non-hydrogen) atoms. The van der Waals surface area contributed by atoms with Crippen molar-refractivity contribution >= 4 is 86.0 Å². The molecule has 4 aromatic heterocycles. The number of hydrogen-bond acceptors (Lipinski definition) is 3. The van der Waals surface area contributed by atoms with Crippen LogP contribution in [0.5, 0.6) is 0 Å². The van der Waals surface area contributed by atoms with Crippen LogP contribution in [-0.2, 0) is 0 Å². The van der Waals surface area contributed by atoms with E-state index in [1.54, 1.807) is 0 Å².